The van der Waals surface area contributed by atoms with Crippen molar-refractivity contribution in [3.8, 4) is 0 Å². The SMILES string of the molecule is c1cc2cc(CNC3CC4CCC3O4)ccc2cn1. The fourth-order valence-electron chi connectivity index (χ4n) is 3.34. The van der Waals surface area contributed by atoms with Gasteiger partial charge >= 0.3 is 0 Å². The molecular formula is C16H18N2O. The molecule has 2 fully saturated rings. The van der Waals surface area contributed by atoms with Crippen LogP contribution >= 0.6 is 0 Å². The molecule has 3 atom stereocenters. The second-order valence-corrected chi connectivity index (χ2v) is 5.65. The number of benzene rings is 1. The lowest BCUT2D eigenvalue weighted by Gasteiger charge is -2.20. The topological polar surface area (TPSA) is 34.1 Å². The molecule has 2 aliphatic heterocycles. The normalized spacial score (nSPS) is 29.2. The summed E-state index contributed by atoms with van der Waals surface area (Å²) in [6.45, 7) is 0.926. The molecule has 98 valence electrons. The first-order valence-electron chi connectivity index (χ1n) is 7.10. The van der Waals surface area contributed by atoms with Gasteiger partial charge in [0.05, 0.1) is 12.2 Å². The van der Waals surface area contributed by atoms with Crippen molar-refractivity contribution in [1.29, 1.82) is 0 Å². The predicted molar refractivity (Wildman–Crippen MR) is 74.9 cm³/mol. The zero-order valence-corrected chi connectivity index (χ0v) is 10.9. The molecule has 2 aliphatic rings. The highest BCUT2D eigenvalue weighted by molar-refractivity contribution is 5.81. The molecule has 1 aromatic heterocycles. The summed E-state index contributed by atoms with van der Waals surface area (Å²) in [6, 6.07) is 9.20. The van der Waals surface area contributed by atoms with Crippen LogP contribution in [0.4, 0.5) is 0 Å². The van der Waals surface area contributed by atoms with E-state index in [1.54, 1.807) is 0 Å². The van der Waals surface area contributed by atoms with Crippen molar-refractivity contribution in [3.63, 3.8) is 0 Å². The average Bonchev–Trinajstić information content (AvgIpc) is 3.07. The molecule has 4 rings (SSSR count). The Hall–Kier alpha value is -1.45. The van der Waals surface area contributed by atoms with Gasteiger partial charge in [-0.1, -0.05) is 12.1 Å². The minimum absolute atomic E-state index is 0.453. The van der Waals surface area contributed by atoms with Gasteiger partial charge in [0.2, 0.25) is 0 Å². The van der Waals surface area contributed by atoms with Crippen LogP contribution in [0, 0.1) is 0 Å². The van der Waals surface area contributed by atoms with Crippen molar-refractivity contribution in [3.05, 3.63) is 42.2 Å². The Balaban J connectivity index is 1.46. The average molecular weight is 254 g/mol. The van der Waals surface area contributed by atoms with E-state index in [4.69, 9.17) is 4.74 Å². The molecule has 3 heteroatoms. The van der Waals surface area contributed by atoms with Gasteiger partial charge < -0.3 is 10.1 Å². The summed E-state index contributed by atoms with van der Waals surface area (Å²) in [6.07, 6.45) is 8.40. The minimum Gasteiger partial charge on any atom is -0.373 e. The smallest absolute Gasteiger partial charge is 0.0733 e. The molecule has 2 saturated heterocycles. The van der Waals surface area contributed by atoms with Crippen molar-refractivity contribution in [2.75, 3.05) is 0 Å². The van der Waals surface area contributed by atoms with Crippen LogP contribution < -0.4 is 5.32 Å². The van der Waals surface area contributed by atoms with E-state index in [0.717, 1.165) is 6.54 Å². The highest BCUT2D eigenvalue weighted by Gasteiger charge is 2.40. The van der Waals surface area contributed by atoms with Gasteiger partial charge in [0.25, 0.3) is 0 Å². The number of rotatable bonds is 3. The second-order valence-electron chi connectivity index (χ2n) is 5.65. The van der Waals surface area contributed by atoms with Crippen LogP contribution in [-0.2, 0) is 11.3 Å². The lowest BCUT2D eigenvalue weighted by Crippen LogP contribution is -2.36. The minimum atomic E-state index is 0.453. The second kappa shape index (κ2) is 4.58. The summed E-state index contributed by atoms with van der Waals surface area (Å²) in [5.74, 6) is 0. The molecule has 19 heavy (non-hydrogen) atoms. The Morgan fingerprint density at radius 3 is 3.05 bits per heavy atom. The van der Waals surface area contributed by atoms with Gasteiger partial charge in [-0.3, -0.25) is 4.98 Å². The molecule has 0 amide bonds. The summed E-state index contributed by atoms with van der Waals surface area (Å²) in [5, 5.41) is 6.12. The molecule has 1 aromatic carbocycles. The summed E-state index contributed by atoms with van der Waals surface area (Å²) < 4.78 is 5.87. The molecule has 3 nitrogen and oxygen atoms in total. The quantitative estimate of drug-likeness (QED) is 0.914. The van der Waals surface area contributed by atoms with Gasteiger partial charge in [-0.05, 0) is 42.3 Å². The fraction of sp³-hybridized carbons (Fsp3) is 0.438. The van der Waals surface area contributed by atoms with Gasteiger partial charge in [0.15, 0.2) is 0 Å². The van der Waals surface area contributed by atoms with Crippen molar-refractivity contribution < 1.29 is 4.74 Å². The van der Waals surface area contributed by atoms with Crippen LogP contribution in [0.15, 0.2) is 36.7 Å². The largest absolute Gasteiger partial charge is 0.373 e. The zero-order chi connectivity index (χ0) is 12.7. The molecule has 3 unspecified atom stereocenters. The number of hydrogen-bond acceptors (Lipinski definition) is 3. The lowest BCUT2D eigenvalue weighted by molar-refractivity contribution is 0.0973. The molecular weight excluding hydrogens is 236 g/mol. The van der Waals surface area contributed by atoms with Crippen LogP contribution in [0.3, 0.4) is 0 Å². The monoisotopic (exact) mass is 254 g/mol. The molecule has 0 radical (unpaired) electrons. The van der Waals surface area contributed by atoms with E-state index in [1.807, 2.05) is 12.4 Å². The van der Waals surface area contributed by atoms with Crippen LogP contribution in [0.2, 0.25) is 0 Å². The van der Waals surface area contributed by atoms with E-state index < -0.39 is 0 Å². The molecule has 3 heterocycles. The molecule has 2 aromatic rings. The van der Waals surface area contributed by atoms with E-state index in [1.165, 1.54) is 35.6 Å². The predicted octanol–water partition coefficient (Wildman–Crippen LogP) is 2.64. The summed E-state index contributed by atoms with van der Waals surface area (Å²) in [4.78, 5) is 4.15. The van der Waals surface area contributed by atoms with Gasteiger partial charge in [-0.2, -0.15) is 0 Å². The number of nitrogens with one attached hydrogen (secondary N) is 1. The van der Waals surface area contributed by atoms with E-state index in [0.29, 0.717) is 18.2 Å². The first-order chi connectivity index (χ1) is 9.38. The molecule has 1 N–H and O–H groups in total. The van der Waals surface area contributed by atoms with Crippen molar-refractivity contribution in [2.24, 2.45) is 0 Å². The van der Waals surface area contributed by atoms with E-state index >= 15 is 0 Å². The Labute approximate surface area is 113 Å². The van der Waals surface area contributed by atoms with E-state index in [-0.39, 0.29) is 0 Å². The zero-order valence-electron chi connectivity index (χ0n) is 10.9. The number of aromatic nitrogens is 1. The van der Waals surface area contributed by atoms with Crippen LogP contribution in [0.5, 0.6) is 0 Å². The van der Waals surface area contributed by atoms with Crippen LogP contribution in [0.25, 0.3) is 10.8 Å². The maximum absolute atomic E-state index is 5.87. The van der Waals surface area contributed by atoms with E-state index in [9.17, 15) is 0 Å². The number of nitrogens with zero attached hydrogens (tertiary/aromatic N) is 1. The van der Waals surface area contributed by atoms with Gasteiger partial charge in [0, 0.05) is 30.4 Å². The Morgan fingerprint density at radius 2 is 2.21 bits per heavy atom. The van der Waals surface area contributed by atoms with Crippen LogP contribution in [-0.4, -0.2) is 23.2 Å². The highest BCUT2D eigenvalue weighted by atomic mass is 16.5. The van der Waals surface area contributed by atoms with Gasteiger partial charge in [-0.15, -0.1) is 0 Å². The van der Waals surface area contributed by atoms with Gasteiger partial charge in [0.1, 0.15) is 0 Å². The Kier molecular flexibility index (Phi) is 2.75. The van der Waals surface area contributed by atoms with Crippen molar-refractivity contribution >= 4 is 10.8 Å². The summed E-state index contributed by atoms with van der Waals surface area (Å²) >= 11 is 0. The molecule has 0 aliphatic carbocycles. The number of fused-ring (bicyclic) bond motifs is 3. The molecule has 0 spiro atoms. The number of ether oxygens (including phenoxy) is 1. The third-order valence-corrected chi connectivity index (χ3v) is 4.38. The number of pyridine rings is 1. The first-order valence-corrected chi connectivity index (χ1v) is 7.10. The standard InChI is InChI=1S/C16H18N2O/c1-2-13-10-17-6-5-12(13)7-11(1)9-18-15-8-14-3-4-16(15)19-14/h1-2,5-7,10,14-16,18H,3-4,8-9H2. The van der Waals surface area contributed by atoms with Gasteiger partial charge in [-0.25, -0.2) is 0 Å². The third kappa shape index (κ3) is 2.13. The van der Waals surface area contributed by atoms with E-state index in [2.05, 4.69) is 34.6 Å². The summed E-state index contributed by atoms with van der Waals surface area (Å²) in [7, 11) is 0. The Bertz CT molecular complexity index is 598. The van der Waals surface area contributed by atoms with Crippen LogP contribution in [0.1, 0.15) is 24.8 Å². The molecule has 2 bridgehead atoms. The lowest BCUT2D eigenvalue weighted by atomic mass is 9.95. The first kappa shape index (κ1) is 11.4. The maximum Gasteiger partial charge on any atom is 0.0733 e. The number of hydrogen-bond donors (Lipinski definition) is 1. The summed E-state index contributed by atoms with van der Waals surface area (Å²) in [5.41, 5.74) is 1.33. The third-order valence-electron chi connectivity index (χ3n) is 4.38. The fourth-order valence-corrected chi connectivity index (χ4v) is 3.34. The van der Waals surface area contributed by atoms with Crippen molar-refractivity contribution in [1.82, 2.24) is 10.3 Å². The van der Waals surface area contributed by atoms with Crippen molar-refractivity contribution in [2.45, 2.75) is 44.1 Å². The highest BCUT2D eigenvalue weighted by Crippen LogP contribution is 2.34. The maximum atomic E-state index is 5.87. The Morgan fingerprint density at radius 1 is 1.21 bits per heavy atom. The molecule has 0 saturated carbocycles.